The Morgan fingerprint density at radius 1 is 1.50 bits per heavy atom. The van der Waals surface area contributed by atoms with Gasteiger partial charge in [0, 0.05) is 26.9 Å². The molecule has 0 aliphatic heterocycles. The Kier molecular flexibility index (Phi) is 4.62. The first-order valence-electron chi connectivity index (χ1n) is 4.93. The molecule has 4 heteroatoms. The molecule has 0 radical (unpaired) electrons. The van der Waals surface area contributed by atoms with Crippen LogP contribution in [0.1, 0.15) is 11.3 Å². The van der Waals surface area contributed by atoms with Crippen molar-refractivity contribution in [1.29, 1.82) is 0 Å². The monoisotopic (exact) mass is 197 g/mol. The van der Waals surface area contributed by atoms with Crippen molar-refractivity contribution in [2.24, 2.45) is 7.05 Å². The molecular formula is C10H19N3O. The molecule has 4 nitrogen and oxygen atoms in total. The molecule has 1 heterocycles. The number of methoxy groups -OCH3 is 1. The van der Waals surface area contributed by atoms with Crippen LogP contribution in [0.25, 0.3) is 0 Å². The predicted octanol–water partition coefficient (Wildman–Crippen LogP) is 0.507. The van der Waals surface area contributed by atoms with Gasteiger partial charge < -0.3 is 10.1 Å². The summed E-state index contributed by atoms with van der Waals surface area (Å²) in [6, 6.07) is 0. The molecule has 1 N–H and O–H groups in total. The van der Waals surface area contributed by atoms with Gasteiger partial charge >= 0.3 is 0 Å². The number of aromatic nitrogens is 2. The fourth-order valence-electron chi connectivity index (χ4n) is 1.42. The summed E-state index contributed by atoms with van der Waals surface area (Å²) in [4.78, 5) is 0. The molecule has 1 aromatic rings. The van der Waals surface area contributed by atoms with E-state index in [4.69, 9.17) is 4.74 Å². The summed E-state index contributed by atoms with van der Waals surface area (Å²) in [5, 5.41) is 7.60. The lowest BCUT2D eigenvalue weighted by Crippen LogP contribution is -2.21. The summed E-state index contributed by atoms with van der Waals surface area (Å²) in [6.07, 6.45) is 3.11. The largest absolute Gasteiger partial charge is 0.383 e. The lowest BCUT2D eigenvalue weighted by atomic mass is 10.2. The predicted molar refractivity (Wildman–Crippen MR) is 56.4 cm³/mol. The van der Waals surface area contributed by atoms with Crippen LogP contribution in [-0.2, 0) is 18.2 Å². The van der Waals surface area contributed by atoms with Gasteiger partial charge in [0.15, 0.2) is 0 Å². The van der Waals surface area contributed by atoms with Crippen LogP contribution in [0, 0.1) is 6.92 Å². The highest BCUT2D eigenvalue weighted by atomic mass is 16.5. The maximum Gasteiger partial charge on any atom is 0.0626 e. The van der Waals surface area contributed by atoms with Gasteiger partial charge in [-0.3, -0.25) is 4.68 Å². The van der Waals surface area contributed by atoms with Crippen LogP contribution >= 0.6 is 0 Å². The van der Waals surface area contributed by atoms with Crippen molar-refractivity contribution in [3.63, 3.8) is 0 Å². The van der Waals surface area contributed by atoms with Crippen molar-refractivity contribution in [3.8, 4) is 0 Å². The van der Waals surface area contributed by atoms with Gasteiger partial charge in [0.05, 0.1) is 12.3 Å². The molecule has 14 heavy (non-hydrogen) atoms. The Labute approximate surface area is 85.3 Å². The van der Waals surface area contributed by atoms with Crippen LogP contribution in [0.15, 0.2) is 6.20 Å². The number of hydrogen-bond donors (Lipinski definition) is 1. The topological polar surface area (TPSA) is 39.1 Å². The molecule has 0 aromatic carbocycles. The average Bonchev–Trinajstić information content (AvgIpc) is 2.45. The molecule has 1 rings (SSSR count). The quantitative estimate of drug-likeness (QED) is 0.675. The van der Waals surface area contributed by atoms with E-state index < -0.39 is 0 Å². The lowest BCUT2D eigenvalue weighted by Gasteiger charge is -2.02. The summed E-state index contributed by atoms with van der Waals surface area (Å²) in [5.41, 5.74) is 2.44. The molecule has 0 aliphatic carbocycles. The van der Waals surface area contributed by atoms with Crippen molar-refractivity contribution in [1.82, 2.24) is 15.1 Å². The number of nitrogens with zero attached hydrogens (tertiary/aromatic N) is 2. The van der Waals surface area contributed by atoms with Crippen molar-refractivity contribution < 1.29 is 4.74 Å². The minimum Gasteiger partial charge on any atom is -0.383 e. The summed E-state index contributed by atoms with van der Waals surface area (Å²) in [5.74, 6) is 0. The van der Waals surface area contributed by atoms with Crippen LogP contribution in [0.3, 0.4) is 0 Å². The maximum absolute atomic E-state index is 4.94. The first-order chi connectivity index (χ1) is 6.74. The van der Waals surface area contributed by atoms with Crippen molar-refractivity contribution in [2.75, 3.05) is 26.8 Å². The SMILES string of the molecule is COCCNCCc1cn(C)nc1C. The molecule has 0 saturated heterocycles. The fraction of sp³-hybridized carbons (Fsp3) is 0.700. The van der Waals surface area contributed by atoms with Gasteiger partial charge in [-0.1, -0.05) is 0 Å². The lowest BCUT2D eigenvalue weighted by molar-refractivity contribution is 0.199. The second-order valence-electron chi connectivity index (χ2n) is 3.41. The Morgan fingerprint density at radius 3 is 2.86 bits per heavy atom. The number of aryl methyl sites for hydroxylation is 2. The van der Waals surface area contributed by atoms with Gasteiger partial charge in [0.1, 0.15) is 0 Å². The third-order valence-corrected chi connectivity index (χ3v) is 2.17. The second-order valence-corrected chi connectivity index (χ2v) is 3.41. The first kappa shape index (κ1) is 11.2. The standard InChI is InChI=1S/C10H19N3O/c1-9-10(8-13(2)12-9)4-5-11-6-7-14-3/h8,11H,4-7H2,1-3H3. The summed E-state index contributed by atoms with van der Waals surface area (Å²) < 4.78 is 6.80. The molecule has 0 fully saturated rings. The van der Waals surface area contributed by atoms with Crippen LogP contribution in [-0.4, -0.2) is 36.6 Å². The molecular weight excluding hydrogens is 178 g/mol. The van der Waals surface area contributed by atoms with E-state index in [0.29, 0.717) is 0 Å². The molecule has 0 bridgehead atoms. The van der Waals surface area contributed by atoms with Gasteiger partial charge in [0.2, 0.25) is 0 Å². The zero-order valence-corrected chi connectivity index (χ0v) is 9.21. The molecule has 0 saturated carbocycles. The Hall–Kier alpha value is -0.870. The maximum atomic E-state index is 4.94. The summed E-state index contributed by atoms with van der Waals surface area (Å²) in [7, 11) is 3.67. The van der Waals surface area contributed by atoms with Crippen LogP contribution in [0.2, 0.25) is 0 Å². The van der Waals surface area contributed by atoms with Gasteiger partial charge in [-0.05, 0) is 25.5 Å². The van der Waals surface area contributed by atoms with Gasteiger partial charge in [0.25, 0.3) is 0 Å². The molecule has 0 unspecified atom stereocenters. The smallest absolute Gasteiger partial charge is 0.0626 e. The summed E-state index contributed by atoms with van der Waals surface area (Å²) in [6.45, 7) is 4.71. The third-order valence-electron chi connectivity index (χ3n) is 2.17. The number of nitrogens with one attached hydrogen (secondary N) is 1. The van der Waals surface area contributed by atoms with E-state index in [2.05, 4.69) is 16.6 Å². The van der Waals surface area contributed by atoms with Gasteiger partial charge in [-0.15, -0.1) is 0 Å². The number of ether oxygens (including phenoxy) is 1. The van der Waals surface area contributed by atoms with E-state index in [1.54, 1.807) is 7.11 Å². The van der Waals surface area contributed by atoms with E-state index in [-0.39, 0.29) is 0 Å². The third kappa shape index (κ3) is 3.47. The van der Waals surface area contributed by atoms with Crippen LogP contribution in [0.5, 0.6) is 0 Å². The molecule has 0 spiro atoms. The zero-order valence-electron chi connectivity index (χ0n) is 9.21. The van der Waals surface area contributed by atoms with E-state index in [0.717, 1.165) is 31.8 Å². The molecule has 80 valence electrons. The molecule has 0 amide bonds. The minimum atomic E-state index is 0.770. The normalized spacial score (nSPS) is 10.8. The van der Waals surface area contributed by atoms with E-state index in [9.17, 15) is 0 Å². The van der Waals surface area contributed by atoms with E-state index in [1.807, 2.05) is 18.7 Å². The summed E-state index contributed by atoms with van der Waals surface area (Å²) >= 11 is 0. The second kappa shape index (κ2) is 5.78. The minimum absolute atomic E-state index is 0.770. The first-order valence-corrected chi connectivity index (χ1v) is 4.93. The van der Waals surface area contributed by atoms with E-state index in [1.165, 1.54) is 5.56 Å². The van der Waals surface area contributed by atoms with Crippen molar-refractivity contribution in [3.05, 3.63) is 17.5 Å². The Morgan fingerprint density at radius 2 is 2.29 bits per heavy atom. The highest BCUT2D eigenvalue weighted by Gasteiger charge is 2.01. The van der Waals surface area contributed by atoms with Crippen LogP contribution in [0.4, 0.5) is 0 Å². The van der Waals surface area contributed by atoms with Crippen LogP contribution < -0.4 is 5.32 Å². The number of rotatable bonds is 6. The number of hydrogen-bond acceptors (Lipinski definition) is 3. The van der Waals surface area contributed by atoms with E-state index >= 15 is 0 Å². The average molecular weight is 197 g/mol. The van der Waals surface area contributed by atoms with Crippen molar-refractivity contribution in [2.45, 2.75) is 13.3 Å². The fourth-order valence-corrected chi connectivity index (χ4v) is 1.42. The van der Waals surface area contributed by atoms with Gasteiger partial charge in [-0.2, -0.15) is 5.10 Å². The molecule has 0 atom stereocenters. The molecule has 1 aromatic heterocycles. The zero-order chi connectivity index (χ0) is 10.4. The molecule has 0 aliphatic rings. The van der Waals surface area contributed by atoms with Crippen molar-refractivity contribution >= 4 is 0 Å². The highest BCUT2D eigenvalue weighted by Crippen LogP contribution is 2.04. The van der Waals surface area contributed by atoms with Gasteiger partial charge in [-0.25, -0.2) is 0 Å². The Bertz CT molecular complexity index is 270. The highest BCUT2D eigenvalue weighted by molar-refractivity contribution is 5.15. The Balaban J connectivity index is 2.21.